The normalized spacial score (nSPS) is 20.2. The Kier molecular flexibility index (Phi) is 14.9. The maximum Gasteiger partial charge on any atom is 0.317 e. The lowest BCUT2D eigenvalue weighted by molar-refractivity contribution is -0.140. The second-order valence-electron chi connectivity index (χ2n) is 7.90. The van der Waals surface area contributed by atoms with Crippen LogP contribution in [0.3, 0.4) is 0 Å². The van der Waals surface area contributed by atoms with E-state index in [9.17, 15) is 19.2 Å². The SMILES string of the molecule is O=C(O)CN1CCOCCN(CC(=O)O)CCN(CC(=O)O)CCOCCN(CC(=O)O)CC1. The lowest BCUT2D eigenvalue weighted by Gasteiger charge is -2.27. The van der Waals surface area contributed by atoms with Gasteiger partial charge in [0.05, 0.1) is 52.6 Å². The molecular formula is C20H36N4O10. The number of hydrogen-bond acceptors (Lipinski definition) is 10. The maximum absolute atomic E-state index is 11.2. The number of carbonyl (C=O) groups is 4. The van der Waals surface area contributed by atoms with Gasteiger partial charge in [-0.2, -0.15) is 0 Å². The minimum Gasteiger partial charge on any atom is -0.480 e. The standard InChI is InChI=1S/C20H36N4O10/c25-17(26)13-21-1-2-22(14-18(27)28)6-10-34-12-8-24(16-20(31)32)4-3-23(15-19(29)30)7-11-33-9-5-21/h1-16H2,(H,25,26)(H,27,28)(H,29,30)(H,31,32). The van der Waals surface area contributed by atoms with E-state index < -0.39 is 23.9 Å². The van der Waals surface area contributed by atoms with Crippen LogP contribution in [0.25, 0.3) is 0 Å². The minimum absolute atomic E-state index is 0.217. The van der Waals surface area contributed by atoms with E-state index in [4.69, 9.17) is 29.9 Å². The molecule has 1 fully saturated rings. The molecule has 1 aliphatic rings. The van der Waals surface area contributed by atoms with Crippen molar-refractivity contribution >= 4 is 23.9 Å². The third-order valence-electron chi connectivity index (χ3n) is 5.11. The van der Waals surface area contributed by atoms with Gasteiger partial charge >= 0.3 is 23.9 Å². The Bertz CT molecular complexity index is 545. The zero-order valence-electron chi connectivity index (χ0n) is 19.3. The van der Waals surface area contributed by atoms with Crippen LogP contribution in [0.15, 0.2) is 0 Å². The van der Waals surface area contributed by atoms with Crippen molar-refractivity contribution in [2.75, 3.05) is 105 Å². The molecule has 1 rings (SSSR count). The second-order valence-corrected chi connectivity index (χ2v) is 7.90. The quantitative estimate of drug-likeness (QED) is 0.281. The van der Waals surface area contributed by atoms with Gasteiger partial charge in [-0.25, -0.2) is 0 Å². The molecule has 0 bridgehead atoms. The molecule has 0 aliphatic carbocycles. The van der Waals surface area contributed by atoms with Gasteiger partial charge in [0.2, 0.25) is 0 Å². The zero-order valence-corrected chi connectivity index (χ0v) is 19.3. The van der Waals surface area contributed by atoms with E-state index in [0.29, 0.717) is 52.4 Å². The van der Waals surface area contributed by atoms with Gasteiger partial charge < -0.3 is 29.9 Å². The van der Waals surface area contributed by atoms with Gasteiger partial charge in [-0.3, -0.25) is 38.8 Å². The van der Waals surface area contributed by atoms with Crippen molar-refractivity contribution in [1.82, 2.24) is 19.6 Å². The monoisotopic (exact) mass is 492 g/mol. The first-order chi connectivity index (χ1) is 16.2. The lowest BCUT2D eigenvalue weighted by atomic mass is 10.3. The first-order valence-electron chi connectivity index (χ1n) is 11.1. The number of nitrogens with zero attached hydrogens (tertiary/aromatic N) is 4. The van der Waals surface area contributed by atoms with Crippen molar-refractivity contribution in [2.24, 2.45) is 0 Å². The fourth-order valence-electron chi connectivity index (χ4n) is 3.39. The maximum atomic E-state index is 11.2. The van der Waals surface area contributed by atoms with E-state index in [2.05, 4.69) is 0 Å². The zero-order chi connectivity index (χ0) is 25.3. The summed E-state index contributed by atoms with van der Waals surface area (Å²) in [6.07, 6.45) is 0. The van der Waals surface area contributed by atoms with Crippen molar-refractivity contribution < 1.29 is 49.1 Å². The number of ether oxygens (including phenoxy) is 2. The molecule has 1 heterocycles. The van der Waals surface area contributed by atoms with E-state index in [1.807, 2.05) is 0 Å². The average Bonchev–Trinajstić information content (AvgIpc) is 2.72. The molecule has 34 heavy (non-hydrogen) atoms. The molecule has 0 atom stereocenters. The van der Waals surface area contributed by atoms with Crippen LogP contribution in [0.2, 0.25) is 0 Å². The molecule has 0 unspecified atom stereocenters. The Morgan fingerprint density at radius 3 is 0.824 bits per heavy atom. The molecule has 4 N–H and O–H groups in total. The van der Waals surface area contributed by atoms with Crippen LogP contribution in [0.4, 0.5) is 0 Å². The van der Waals surface area contributed by atoms with Crippen LogP contribution in [-0.2, 0) is 28.7 Å². The number of carboxylic acid groups (broad SMARTS) is 4. The first kappa shape index (κ1) is 29.7. The fraction of sp³-hybridized carbons (Fsp3) is 0.800. The smallest absolute Gasteiger partial charge is 0.317 e. The van der Waals surface area contributed by atoms with Gasteiger partial charge in [-0.1, -0.05) is 0 Å². The summed E-state index contributed by atoms with van der Waals surface area (Å²) in [5.41, 5.74) is 0. The van der Waals surface area contributed by atoms with Gasteiger partial charge in [0, 0.05) is 52.4 Å². The highest BCUT2D eigenvalue weighted by Gasteiger charge is 2.17. The Hall–Kier alpha value is -2.36. The fourth-order valence-corrected chi connectivity index (χ4v) is 3.39. The van der Waals surface area contributed by atoms with Crippen LogP contribution < -0.4 is 0 Å². The predicted octanol–water partition coefficient (Wildman–Crippen LogP) is -2.42. The Labute approximate surface area is 198 Å². The van der Waals surface area contributed by atoms with Crippen LogP contribution in [0.1, 0.15) is 0 Å². The largest absolute Gasteiger partial charge is 0.480 e. The van der Waals surface area contributed by atoms with Crippen LogP contribution >= 0.6 is 0 Å². The molecule has 0 aromatic heterocycles. The summed E-state index contributed by atoms with van der Waals surface area (Å²) < 4.78 is 11.2. The van der Waals surface area contributed by atoms with Crippen molar-refractivity contribution in [3.05, 3.63) is 0 Å². The molecule has 0 aromatic rings. The molecule has 0 spiro atoms. The molecule has 14 nitrogen and oxygen atoms in total. The summed E-state index contributed by atoms with van der Waals surface area (Å²) in [4.78, 5) is 51.3. The van der Waals surface area contributed by atoms with E-state index >= 15 is 0 Å². The summed E-state index contributed by atoms with van der Waals surface area (Å²) in [6, 6.07) is 0. The van der Waals surface area contributed by atoms with Crippen LogP contribution in [0.5, 0.6) is 0 Å². The third kappa shape index (κ3) is 15.5. The summed E-state index contributed by atoms with van der Waals surface area (Å²) in [6.45, 7) is 2.56. The highest BCUT2D eigenvalue weighted by Crippen LogP contribution is 1.98. The van der Waals surface area contributed by atoms with Crippen molar-refractivity contribution in [2.45, 2.75) is 0 Å². The number of aliphatic carboxylic acids is 4. The van der Waals surface area contributed by atoms with Crippen LogP contribution in [0, 0.1) is 0 Å². The highest BCUT2D eigenvalue weighted by molar-refractivity contribution is 5.70. The third-order valence-corrected chi connectivity index (χ3v) is 5.11. The first-order valence-corrected chi connectivity index (χ1v) is 11.1. The molecule has 0 saturated carbocycles. The van der Waals surface area contributed by atoms with Crippen molar-refractivity contribution in [3.63, 3.8) is 0 Å². The molecule has 196 valence electrons. The molecule has 0 amide bonds. The van der Waals surface area contributed by atoms with E-state index in [1.165, 1.54) is 0 Å². The summed E-state index contributed by atoms with van der Waals surface area (Å²) >= 11 is 0. The molecule has 14 heteroatoms. The Morgan fingerprint density at radius 1 is 0.441 bits per heavy atom. The van der Waals surface area contributed by atoms with Crippen molar-refractivity contribution in [3.8, 4) is 0 Å². The molecule has 1 aliphatic heterocycles. The van der Waals surface area contributed by atoms with Gasteiger partial charge in [0.1, 0.15) is 0 Å². The van der Waals surface area contributed by atoms with Crippen molar-refractivity contribution in [1.29, 1.82) is 0 Å². The van der Waals surface area contributed by atoms with Gasteiger partial charge in [0.25, 0.3) is 0 Å². The lowest BCUT2D eigenvalue weighted by Crippen LogP contribution is -2.43. The second kappa shape index (κ2) is 17.1. The van der Waals surface area contributed by atoms with Crippen LogP contribution in [-0.4, -0.2) is 169 Å². The number of carboxylic acids is 4. The average molecular weight is 493 g/mol. The van der Waals surface area contributed by atoms with Gasteiger partial charge in [0.15, 0.2) is 0 Å². The number of hydrogen-bond donors (Lipinski definition) is 4. The van der Waals surface area contributed by atoms with E-state index in [-0.39, 0.29) is 52.6 Å². The van der Waals surface area contributed by atoms with E-state index in [1.54, 1.807) is 19.6 Å². The van der Waals surface area contributed by atoms with Gasteiger partial charge in [-0.05, 0) is 0 Å². The molecular weight excluding hydrogens is 456 g/mol. The predicted molar refractivity (Wildman–Crippen MR) is 118 cm³/mol. The Balaban J connectivity index is 2.82. The topological polar surface area (TPSA) is 181 Å². The minimum atomic E-state index is -1.01. The summed E-state index contributed by atoms with van der Waals surface area (Å²) in [7, 11) is 0. The number of rotatable bonds is 8. The molecule has 0 radical (unpaired) electrons. The summed E-state index contributed by atoms with van der Waals surface area (Å²) in [5.74, 6) is -4.02. The highest BCUT2D eigenvalue weighted by atomic mass is 16.5. The summed E-state index contributed by atoms with van der Waals surface area (Å²) in [5, 5.41) is 36.6. The molecule has 0 aromatic carbocycles. The molecule has 1 saturated heterocycles. The van der Waals surface area contributed by atoms with Gasteiger partial charge in [-0.15, -0.1) is 0 Å². The van der Waals surface area contributed by atoms with E-state index in [0.717, 1.165) is 0 Å². The Morgan fingerprint density at radius 2 is 0.647 bits per heavy atom.